The molecule has 8 heteroatoms. The fourth-order valence-corrected chi connectivity index (χ4v) is 3.73. The van der Waals surface area contributed by atoms with Crippen LogP contribution in [0.25, 0.3) is 10.9 Å². The lowest BCUT2D eigenvalue weighted by atomic mass is 10.1. The summed E-state index contributed by atoms with van der Waals surface area (Å²) in [5, 5.41) is 9.43. The highest BCUT2D eigenvalue weighted by Crippen LogP contribution is 2.35. The van der Waals surface area contributed by atoms with E-state index in [0.29, 0.717) is 11.3 Å². The van der Waals surface area contributed by atoms with Crippen molar-refractivity contribution < 1.29 is 19.0 Å². The monoisotopic (exact) mass is 397 g/mol. The van der Waals surface area contributed by atoms with Gasteiger partial charge in [-0.25, -0.2) is 9.18 Å². The SMILES string of the molecule is COc1c(N2CCN(c3ccc(F)cc3)CC2)ccc2c(=O)c(C(=O)O)c[nH]c12. The summed E-state index contributed by atoms with van der Waals surface area (Å²) >= 11 is 0. The molecule has 1 saturated heterocycles. The molecule has 3 aromatic rings. The van der Waals surface area contributed by atoms with Crippen LogP contribution >= 0.6 is 0 Å². The number of carbonyl (C=O) groups is 1. The van der Waals surface area contributed by atoms with Gasteiger partial charge in [-0.3, -0.25) is 4.79 Å². The van der Waals surface area contributed by atoms with E-state index in [1.165, 1.54) is 25.4 Å². The highest BCUT2D eigenvalue weighted by atomic mass is 19.1. The van der Waals surface area contributed by atoms with E-state index >= 15 is 0 Å². The molecule has 1 fully saturated rings. The largest absolute Gasteiger partial charge is 0.492 e. The molecule has 0 spiro atoms. The van der Waals surface area contributed by atoms with Gasteiger partial charge in [-0.1, -0.05) is 0 Å². The molecule has 0 unspecified atom stereocenters. The molecule has 0 amide bonds. The number of aromatic nitrogens is 1. The van der Waals surface area contributed by atoms with E-state index in [0.717, 1.165) is 37.6 Å². The zero-order chi connectivity index (χ0) is 20.5. The molecule has 1 aliphatic rings. The van der Waals surface area contributed by atoms with E-state index in [4.69, 9.17) is 9.84 Å². The number of piperazine rings is 1. The van der Waals surface area contributed by atoms with Crippen LogP contribution in [0.5, 0.6) is 5.75 Å². The summed E-state index contributed by atoms with van der Waals surface area (Å²) in [6.07, 6.45) is 1.20. The molecule has 2 N–H and O–H groups in total. The molecule has 0 saturated carbocycles. The van der Waals surface area contributed by atoms with Crippen LogP contribution in [0.2, 0.25) is 0 Å². The molecule has 1 aromatic heterocycles. The van der Waals surface area contributed by atoms with Crippen LogP contribution < -0.4 is 20.0 Å². The van der Waals surface area contributed by atoms with Gasteiger partial charge in [0, 0.05) is 38.1 Å². The van der Waals surface area contributed by atoms with Gasteiger partial charge < -0.3 is 24.6 Å². The van der Waals surface area contributed by atoms with Crippen molar-refractivity contribution in [2.45, 2.75) is 0 Å². The van der Waals surface area contributed by atoms with Crippen LogP contribution in [0.15, 0.2) is 47.4 Å². The zero-order valence-corrected chi connectivity index (χ0v) is 15.8. The number of carboxylic acid groups (broad SMARTS) is 1. The Morgan fingerprint density at radius 2 is 1.72 bits per heavy atom. The Hall–Kier alpha value is -3.55. The lowest BCUT2D eigenvalue weighted by molar-refractivity contribution is 0.0695. The standard InChI is InChI=1S/C21H20FN3O4/c1-29-20-17(7-6-15-18(20)23-12-16(19(15)26)21(27)28)25-10-8-24(9-11-25)14-4-2-13(22)3-5-14/h2-7,12H,8-11H2,1H3,(H,23,26)(H,27,28). The molecular formula is C21H20FN3O4. The number of carboxylic acids is 1. The number of rotatable bonds is 4. The number of halogens is 1. The second-order valence-electron chi connectivity index (χ2n) is 6.83. The minimum absolute atomic E-state index is 0.256. The molecule has 0 radical (unpaired) electrons. The first-order valence-electron chi connectivity index (χ1n) is 9.20. The van der Waals surface area contributed by atoms with Crippen molar-refractivity contribution in [3.63, 3.8) is 0 Å². The maximum absolute atomic E-state index is 13.1. The first-order chi connectivity index (χ1) is 14.0. The molecule has 0 aliphatic carbocycles. The summed E-state index contributed by atoms with van der Waals surface area (Å²) in [7, 11) is 1.52. The smallest absolute Gasteiger partial charge is 0.341 e. The van der Waals surface area contributed by atoms with Crippen LogP contribution in [0, 0.1) is 5.82 Å². The Kier molecular flexibility index (Phi) is 4.84. The number of anilines is 2. The number of H-pyrrole nitrogens is 1. The van der Waals surface area contributed by atoms with Crippen LogP contribution in [0.3, 0.4) is 0 Å². The minimum atomic E-state index is -1.27. The number of nitrogens with one attached hydrogen (secondary N) is 1. The van der Waals surface area contributed by atoms with Crippen molar-refractivity contribution in [1.82, 2.24) is 4.98 Å². The predicted octanol–water partition coefficient (Wildman–Crippen LogP) is 2.70. The molecule has 7 nitrogen and oxygen atoms in total. The van der Waals surface area contributed by atoms with Gasteiger partial charge in [-0.05, 0) is 36.4 Å². The van der Waals surface area contributed by atoms with E-state index in [2.05, 4.69) is 14.8 Å². The quantitative estimate of drug-likeness (QED) is 0.704. The van der Waals surface area contributed by atoms with Crippen molar-refractivity contribution in [1.29, 1.82) is 0 Å². The van der Waals surface area contributed by atoms with Crippen molar-refractivity contribution in [2.24, 2.45) is 0 Å². The van der Waals surface area contributed by atoms with E-state index in [-0.39, 0.29) is 16.8 Å². The number of hydrogen-bond acceptors (Lipinski definition) is 5. The Morgan fingerprint density at radius 3 is 2.34 bits per heavy atom. The predicted molar refractivity (Wildman–Crippen MR) is 109 cm³/mol. The van der Waals surface area contributed by atoms with Gasteiger partial charge >= 0.3 is 5.97 Å². The molecule has 1 aliphatic heterocycles. The number of aromatic amines is 1. The third kappa shape index (κ3) is 3.37. The zero-order valence-electron chi connectivity index (χ0n) is 15.8. The van der Waals surface area contributed by atoms with E-state index in [1.54, 1.807) is 24.3 Å². The number of fused-ring (bicyclic) bond motifs is 1. The fourth-order valence-electron chi connectivity index (χ4n) is 3.73. The molecule has 150 valence electrons. The number of methoxy groups -OCH3 is 1. The number of pyridine rings is 1. The van der Waals surface area contributed by atoms with Gasteiger partial charge in [-0.15, -0.1) is 0 Å². The molecule has 2 heterocycles. The summed E-state index contributed by atoms with van der Waals surface area (Å²) in [6, 6.07) is 9.87. The lowest BCUT2D eigenvalue weighted by Gasteiger charge is -2.38. The number of benzene rings is 2. The van der Waals surface area contributed by atoms with Crippen molar-refractivity contribution in [2.75, 3.05) is 43.1 Å². The van der Waals surface area contributed by atoms with Gasteiger partial charge in [0.25, 0.3) is 0 Å². The Labute approximate surface area is 165 Å². The van der Waals surface area contributed by atoms with Crippen LogP contribution in [0.1, 0.15) is 10.4 Å². The summed E-state index contributed by atoms with van der Waals surface area (Å²) < 4.78 is 18.7. The van der Waals surface area contributed by atoms with E-state index < -0.39 is 11.4 Å². The van der Waals surface area contributed by atoms with Gasteiger partial charge in [0.15, 0.2) is 5.75 Å². The van der Waals surface area contributed by atoms with Gasteiger partial charge in [-0.2, -0.15) is 0 Å². The first kappa shape index (κ1) is 18.8. The van der Waals surface area contributed by atoms with Gasteiger partial charge in [0.05, 0.1) is 23.7 Å². The van der Waals surface area contributed by atoms with Crippen molar-refractivity contribution in [3.8, 4) is 5.75 Å². The first-order valence-corrected chi connectivity index (χ1v) is 9.20. The summed E-state index contributed by atoms with van der Waals surface area (Å²) in [6.45, 7) is 2.94. The highest BCUT2D eigenvalue weighted by molar-refractivity contribution is 5.96. The number of nitrogens with zero attached hydrogens (tertiary/aromatic N) is 2. The van der Waals surface area contributed by atoms with Crippen molar-refractivity contribution in [3.05, 3.63) is 64.2 Å². The van der Waals surface area contributed by atoms with Crippen molar-refractivity contribution >= 4 is 28.2 Å². The molecule has 29 heavy (non-hydrogen) atoms. The average molecular weight is 397 g/mol. The maximum atomic E-state index is 13.1. The molecular weight excluding hydrogens is 377 g/mol. The Morgan fingerprint density at radius 1 is 1.07 bits per heavy atom. The van der Waals surface area contributed by atoms with E-state index in [9.17, 15) is 14.0 Å². The molecule has 2 aromatic carbocycles. The minimum Gasteiger partial charge on any atom is -0.492 e. The van der Waals surface area contributed by atoms with Gasteiger partial charge in [0.1, 0.15) is 11.4 Å². The average Bonchev–Trinajstić information content (AvgIpc) is 2.73. The van der Waals surface area contributed by atoms with E-state index in [1.807, 2.05) is 0 Å². The number of hydrogen-bond donors (Lipinski definition) is 2. The van der Waals surface area contributed by atoms with Crippen LogP contribution in [0.4, 0.5) is 15.8 Å². The van der Waals surface area contributed by atoms with Crippen LogP contribution in [-0.2, 0) is 0 Å². The normalized spacial score (nSPS) is 14.3. The second kappa shape index (κ2) is 7.46. The summed E-state index contributed by atoms with van der Waals surface area (Å²) in [4.78, 5) is 30.9. The molecule has 4 rings (SSSR count). The summed E-state index contributed by atoms with van der Waals surface area (Å²) in [5.41, 5.74) is 1.43. The number of aromatic carboxylic acids is 1. The third-order valence-electron chi connectivity index (χ3n) is 5.23. The third-order valence-corrected chi connectivity index (χ3v) is 5.23. The number of ether oxygens (including phenoxy) is 1. The van der Waals surface area contributed by atoms with Gasteiger partial charge in [0.2, 0.25) is 5.43 Å². The lowest BCUT2D eigenvalue weighted by Crippen LogP contribution is -2.46. The molecule has 0 atom stereocenters. The summed E-state index contributed by atoms with van der Waals surface area (Å²) in [5.74, 6) is -1.02. The second-order valence-corrected chi connectivity index (χ2v) is 6.83. The Bertz CT molecular complexity index is 1120. The maximum Gasteiger partial charge on any atom is 0.341 e. The topological polar surface area (TPSA) is 85.9 Å². The fraction of sp³-hybridized carbons (Fsp3) is 0.238. The highest BCUT2D eigenvalue weighted by Gasteiger charge is 2.23. The van der Waals surface area contributed by atoms with Crippen LogP contribution in [-0.4, -0.2) is 49.3 Å². The Balaban J connectivity index is 1.63. The molecule has 0 bridgehead atoms.